The molecule has 0 aliphatic heterocycles. The zero-order chi connectivity index (χ0) is 20.9. The molecule has 0 amide bonds. The van der Waals surface area contributed by atoms with E-state index in [1.54, 1.807) is 5.56 Å². The molecule has 0 radical (unpaired) electrons. The van der Waals surface area contributed by atoms with Crippen LogP contribution in [0.15, 0.2) is 48.5 Å². The smallest absolute Gasteiger partial charge is 0.0319 e. The first-order valence-corrected chi connectivity index (χ1v) is 12.4. The molecular formula is C30H38. The summed E-state index contributed by atoms with van der Waals surface area (Å²) in [5, 5.41) is 0. The van der Waals surface area contributed by atoms with E-state index < -0.39 is 0 Å². The van der Waals surface area contributed by atoms with Crippen molar-refractivity contribution in [3.8, 4) is 11.8 Å². The van der Waals surface area contributed by atoms with Crippen LogP contribution in [-0.4, -0.2) is 0 Å². The highest BCUT2D eigenvalue weighted by Crippen LogP contribution is 2.57. The Hall–Kier alpha value is -2.00. The Labute approximate surface area is 184 Å². The Balaban J connectivity index is 1.39. The van der Waals surface area contributed by atoms with Gasteiger partial charge in [0.25, 0.3) is 0 Å². The van der Waals surface area contributed by atoms with Gasteiger partial charge in [0.15, 0.2) is 0 Å². The van der Waals surface area contributed by atoms with Crippen LogP contribution in [0, 0.1) is 17.3 Å². The Kier molecular flexibility index (Phi) is 6.67. The van der Waals surface area contributed by atoms with Gasteiger partial charge >= 0.3 is 0 Å². The van der Waals surface area contributed by atoms with Gasteiger partial charge in [-0.05, 0) is 92.0 Å². The maximum absolute atomic E-state index is 3.76. The summed E-state index contributed by atoms with van der Waals surface area (Å²) < 4.78 is 0. The van der Waals surface area contributed by atoms with E-state index in [0.29, 0.717) is 5.41 Å². The summed E-state index contributed by atoms with van der Waals surface area (Å²) in [7, 11) is 0. The van der Waals surface area contributed by atoms with Crippen LogP contribution in [0.5, 0.6) is 0 Å². The molecule has 3 saturated carbocycles. The van der Waals surface area contributed by atoms with Crippen LogP contribution in [0.1, 0.15) is 100 Å². The van der Waals surface area contributed by atoms with E-state index in [1.807, 2.05) is 0 Å². The van der Waals surface area contributed by atoms with Crippen molar-refractivity contribution in [3.63, 3.8) is 0 Å². The van der Waals surface area contributed by atoms with Crippen LogP contribution >= 0.6 is 0 Å². The molecule has 0 aromatic heterocycles. The molecular weight excluding hydrogens is 360 g/mol. The zero-order valence-electron chi connectivity index (χ0n) is 19.1. The van der Waals surface area contributed by atoms with Gasteiger partial charge in [0.1, 0.15) is 0 Å². The van der Waals surface area contributed by atoms with Crippen LogP contribution < -0.4 is 0 Å². The topological polar surface area (TPSA) is 0 Å². The standard InChI is InChI=1S/C30H38/c1-3-5-6-8-26-9-11-27(12-10-26)17-18-29-19-22-30(23-20-29,24-21-29)28-15-13-25(7-4-2)14-16-28/h9-16H,3-8,19-24H2,1-2H3. The van der Waals surface area contributed by atoms with E-state index in [0.717, 1.165) is 0 Å². The third-order valence-electron chi connectivity index (χ3n) is 7.85. The molecule has 3 aliphatic rings. The average molecular weight is 399 g/mol. The van der Waals surface area contributed by atoms with Crippen LogP contribution in [-0.2, 0) is 18.3 Å². The van der Waals surface area contributed by atoms with Crippen LogP contribution in [0.2, 0.25) is 0 Å². The van der Waals surface area contributed by atoms with Gasteiger partial charge in [0.2, 0.25) is 0 Å². The molecule has 5 rings (SSSR count). The first-order valence-electron chi connectivity index (χ1n) is 12.4. The van der Waals surface area contributed by atoms with Crippen molar-refractivity contribution in [1.82, 2.24) is 0 Å². The monoisotopic (exact) mass is 398 g/mol. The average Bonchev–Trinajstić information content (AvgIpc) is 2.81. The molecule has 0 heterocycles. The molecule has 3 aliphatic carbocycles. The fourth-order valence-electron chi connectivity index (χ4n) is 5.66. The lowest BCUT2D eigenvalue weighted by atomic mass is 9.52. The molecule has 0 atom stereocenters. The Morgan fingerprint density at radius 1 is 0.667 bits per heavy atom. The molecule has 0 unspecified atom stereocenters. The van der Waals surface area contributed by atoms with E-state index in [-0.39, 0.29) is 5.41 Å². The number of hydrogen-bond donors (Lipinski definition) is 0. The predicted octanol–water partition coefficient (Wildman–Crippen LogP) is 8.02. The number of fused-ring (bicyclic) bond motifs is 3. The second-order valence-electron chi connectivity index (χ2n) is 9.91. The first kappa shape index (κ1) is 21.2. The van der Waals surface area contributed by atoms with Gasteiger partial charge in [0.05, 0.1) is 0 Å². The number of unbranched alkanes of at least 4 members (excludes halogenated alkanes) is 2. The molecule has 2 aromatic rings. The SMILES string of the molecule is CCCCCc1ccc(C#CC23CCC(c4ccc(CCC)cc4)(CC2)CC3)cc1. The molecule has 3 fully saturated rings. The minimum Gasteiger partial charge on any atom is -0.0911 e. The minimum absolute atomic E-state index is 0.268. The number of rotatable bonds is 7. The number of benzene rings is 2. The summed E-state index contributed by atoms with van der Waals surface area (Å²) in [6.45, 7) is 4.53. The summed E-state index contributed by atoms with van der Waals surface area (Å²) in [5.41, 5.74) is 6.41. The summed E-state index contributed by atoms with van der Waals surface area (Å²) in [4.78, 5) is 0. The van der Waals surface area contributed by atoms with Crippen molar-refractivity contribution in [3.05, 3.63) is 70.8 Å². The van der Waals surface area contributed by atoms with Crippen LogP contribution in [0.4, 0.5) is 0 Å². The zero-order valence-corrected chi connectivity index (χ0v) is 19.1. The highest BCUT2D eigenvalue weighted by molar-refractivity contribution is 5.39. The fourth-order valence-corrected chi connectivity index (χ4v) is 5.66. The normalized spacial score (nSPS) is 25.0. The molecule has 2 bridgehead atoms. The molecule has 0 heteroatoms. The summed E-state index contributed by atoms with van der Waals surface area (Å²) >= 11 is 0. The minimum atomic E-state index is 0.268. The Morgan fingerprint density at radius 2 is 1.27 bits per heavy atom. The van der Waals surface area contributed by atoms with E-state index in [4.69, 9.17) is 0 Å². The van der Waals surface area contributed by atoms with Crippen LogP contribution in [0.25, 0.3) is 0 Å². The molecule has 158 valence electrons. The summed E-state index contributed by atoms with van der Waals surface area (Å²) in [6, 6.07) is 18.6. The molecule has 0 N–H and O–H groups in total. The molecule has 0 saturated heterocycles. The van der Waals surface area contributed by atoms with E-state index >= 15 is 0 Å². The van der Waals surface area contributed by atoms with Crippen molar-refractivity contribution >= 4 is 0 Å². The third-order valence-corrected chi connectivity index (χ3v) is 7.85. The first-order chi connectivity index (χ1) is 14.7. The highest BCUT2D eigenvalue weighted by Gasteiger charge is 2.48. The van der Waals surface area contributed by atoms with Gasteiger partial charge in [-0.25, -0.2) is 0 Å². The second-order valence-corrected chi connectivity index (χ2v) is 9.91. The Bertz CT molecular complexity index is 848. The number of aryl methyl sites for hydroxylation is 2. The van der Waals surface area contributed by atoms with E-state index in [2.05, 4.69) is 74.2 Å². The van der Waals surface area contributed by atoms with Gasteiger partial charge < -0.3 is 0 Å². The molecule has 30 heavy (non-hydrogen) atoms. The predicted molar refractivity (Wildman–Crippen MR) is 129 cm³/mol. The third kappa shape index (κ3) is 4.67. The highest BCUT2D eigenvalue weighted by atomic mass is 14.5. The summed E-state index contributed by atoms with van der Waals surface area (Å²) in [6.07, 6.45) is 15.3. The fraction of sp³-hybridized carbons (Fsp3) is 0.533. The quantitative estimate of drug-likeness (QED) is 0.327. The van der Waals surface area contributed by atoms with Gasteiger partial charge in [-0.3, -0.25) is 0 Å². The lowest BCUT2D eigenvalue weighted by Crippen LogP contribution is -2.43. The Morgan fingerprint density at radius 3 is 1.87 bits per heavy atom. The van der Waals surface area contributed by atoms with Crippen molar-refractivity contribution in [2.45, 2.75) is 96.3 Å². The van der Waals surface area contributed by atoms with Gasteiger partial charge in [-0.15, -0.1) is 0 Å². The lowest BCUT2D eigenvalue weighted by Gasteiger charge is -2.51. The maximum Gasteiger partial charge on any atom is 0.0319 e. The molecule has 2 aromatic carbocycles. The molecule has 0 spiro atoms. The maximum atomic E-state index is 3.76. The van der Waals surface area contributed by atoms with Crippen molar-refractivity contribution in [1.29, 1.82) is 0 Å². The van der Waals surface area contributed by atoms with Crippen molar-refractivity contribution in [2.75, 3.05) is 0 Å². The van der Waals surface area contributed by atoms with Crippen molar-refractivity contribution < 1.29 is 0 Å². The lowest BCUT2D eigenvalue weighted by molar-refractivity contribution is 0.0865. The van der Waals surface area contributed by atoms with Gasteiger partial charge in [-0.1, -0.05) is 81.3 Å². The van der Waals surface area contributed by atoms with Gasteiger partial charge in [-0.2, -0.15) is 0 Å². The van der Waals surface area contributed by atoms with Gasteiger partial charge in [0, 0.05) is 11.0 Å². The second kappa shape index (κ2) is 9.43. The molecule has 0 nitrogen and oxygen atoms in total. The number of hydrogen-bond acceptors (Lipinski definition) is 0. The largest absolute Gasteiger partial charge is 0.0911 e. The van der Waals surface area contributed by atoms with Crippen LogP contribution in [0.3, 0.4) is 0 Å². The van der Waals surface area contributed by atoms with Crippen molar-refractivity contribution in [2.24, 2.45) is 5.41 Å². The summed E-state index contributed by atoms with van der Waals surface area (Å²) in [5.74, 6) is 7.30. The van der Waals surface area contributed by atoms with E-state index in [1.165, 1.54) is 93.7 Å². The van der Waals surface area contributed by atoms with E-state index in [9.17, 15) is 0 Å².